The Morgan fingerprint density at radius 2 is 1.88 bits per heavy atom. The summed E-state index contributed by atoms with van der Waals surface area (Å²) < 4.78 is 5.28. The zero-order valence-corrected chi connectivity index (χ0v) is 11.4. The molecular weight excluding hydrogens is 214 g/mol. The molecule has 0 fully saturated rings. The molecule has 2 N–H and O–H groups in total. The van der Waals surface area contributed by atoms with Gasteiger partial charge in [0.25, 0.3) is 0 Å². The summed E-state index contributed by atoms with van der Waals surface area (Å²) in [5.74, 6) is 1.29. The third kappa shape index (κ3) is 3.13. The molecule has 0 aromatic heterocycles. The summed E-state index contributed by atoms with van der Waals surface area (Å²) in [4.78, 5) is 0. The van der Waals surface area contributed by atoms with E-state index in [1.165, 1.54) is 5.56 Å². The van der Waals surface area contributed by atoms with Gasteiger partial charge in [-0.15, -0.1) is 0 Å². The molecule has 0 radical (unpaired) electrons. The second-order valence-electron chi connectivity index (χ2n) is 4.74. The minimum atomic E-state index is 0.0847. The fourth-order valence-electron chi connectivity index (χ4n) is 1.80. The van der Waals surface area contributed by atoms with Crippen LogP contribution >= 0.6 is 0 Å². The Hall–Kier alpha value is -1.22. The van der Waals surface area contributed by atoms with Crippen LogP contribution < -0.4 is 10.1 Å². The molecule has 1 rings (SSSR count). The van der Waals surface area contributed by atoms with Gasteiger partial charge in [-0.05, 0) is 43.0 Å². The van der Waals surface area contributed by atoms with Crippen molar-refractivity contribution in [2.24, 2.45) is 5.92 Å². The van der Waals surface area contributed by atoms with Crippen molar-refractivity contribution in [3.05, 3.63) is 23.3 Å². The summed E-state index contributed by atoms with van der Waals surface area (Å²) in [7, 11) is 1.68. The summed E-state index contributed by atoms with van der Waals surface area (Å²) in [6.45, 7) is 8.44. The summed E-state index contributed by atoms with van der Waals surface area (Å²) in [6, 6.07) is 4.05. The van der Waals surface area contributed by atoms with Gasteiger partial charge in [0.1, 0.15) is 5.75 Å². The molecule has 96 valence electrons. The second kappa shape index (κ2) is 5.92. The molecule has 1 aromatic rings. The molecule has 3 heteroatoms. The molecule has 0 saturated carbocycles. The number of nitrogens with one attached hydrogen (secondary N) is 1. The fourth-order valence-corrected chi connectivity index (χ4v) is 1.80. The molecule has 1 unspecified atom stereocenters. The molecule has 1 aromatic carbocycles. The largest absolute Gasteiger partial charge is 0.496 e. The van der Waals surface area contributed by atoms with Gasteiger partial charge >= 0.3 is 0 Å². The fraction of sp³-hybridized carbons (Fsp3) is 0.571. The first-order valence-electron chi connectivity index (χ1n) is 6.02. The number of benzene rings is 1. The number of methoxy groups -OCH3 is 1. The van der Waals surface area contributed by atoms with Crippen LogP contribution in [0.15, 0.2) is 12.1 Å². The SMILES string of the molecule is COc1ccc(NC(CO)C(C)C)c(C)c1C. The molecule has 0 aliphatic carbocycles. The van der Waals surface area contributed by atoms with E-state index in [2.05, 4.69) is 26.1 Å². The smallest absolute Gasteiger partial charge is 0.122 e. The number of hydrogen-bond acceptors (Lipinski definition) is 3. The number of hydrogen-bond donors (Lipinski definition) is 2. The van der Waals surface area contributed by atoms with E-state index in [0.29, 0.717) is 5.92 Å². The summed E-state index contributed by atoms with van der Waals surface area (Å²) in [6.07, 6.45) is 0. The Labute approximate surface area is 104 Å². The molecule has 1 atom stereocenters. The minimum Gasteiger partial charge on any atom is -0.496 e. The maximum Gasteiger partial charge on any atom is 0.122 e. The topological polar surface area (TPSA) is 41.5 Å². The van der Waals surface area contributed by atoms with E-state index in [1.807, 2.05) is 19.1 Å². The van der Waals surface area contributed by atoms with Crippen molar-refractivity contribution in [1.29, 1.82) is 0 Å². The first-order chi connectivity index (χ1) is 8.01. The van der Waals surface area contributed by atoms with Crippen LogP contribution in [0, 0.1) is 19.8 Å². The third-order valence-electron chi connectivity index (χ3n) is 3.30. The maximum absolute atomic E-state index is 9.33. The number of aliphatic hydroxyl groups excluding tert-OH is 1. The van der Waals surface area contributed by atoms with E-state index in [4.69, 9.17) is 4.74 Å². The van der Waals surface area contributed by atoms with Crippen molar-refractivity contribution in [2.75, 3.05) is 19.0 Å². The lowest BCUT2D eigenvalue weighted by Crippen LogP contribution is -2.29. The third-order valence-corrected chi connectivity index (χ3v) is 3.30. The van der Waals surface area contributed by atoms with Crippen LogP contribution in [-0.4, -0.2) is 24.9 Å². The summed E-state index contributed by atoms with van der Waals surface area (Å²) >= 11 is 0. The molecule has 3 nitrogen and oxygen atoms in total. The van der Waals surface area contributed by atoms with E-state index in [1.54, 1.807) is 7.11 Å². The van der Waals surface area contributed by atoms with Crippen molar-refractivity contribution in [2.45, 2.75) is 33.7 Å². The van der Waals surface area contributed by atoms with Crippen LogP contribution in [-0.2, 0) is 0 Å². The van der Waals surface area contributed by atoms with Crippen LogP contribution in [0.5, 0.6) is 5.75 Å². The molecular formula is C14H23NO2. The lowest BCUT2D eigenvalue weighted by Gasteiger charge is -2.23. The number of rotatable bonds is 5. The van der Waals surface area contributed by atoms with Crippen molar-refractivity contribution < 1.29 is 9.84 Å². The molecule has 0 aliphatic rings. The van der Waals surface area contributed by atoms with Gasteiger partial charge in [0.2, 0.25) is 0 Å². The quantitative estimate of drug-likeness (QED) is 0.827. The van der Waals surface area contributed by atoms with Crippen LogP contribution in [0.25, 0.3) is 0 Å². The van der Waals surface area contributed by atoms with Gasteiger partial charge in [0.15, 0.2) is 0 Å². The molecule has 0 heterocycles. The van der Waals surface area contributed by atoms with Crippen LogP contribution in [0.3, 0.4) is 0 Å². The van der Waals surface area contributed by atoms with Gasteiger partial charge < -0.3 is 15.2 Å². The van der Waals surface area contributed by atoms with Gasteiger partial charge in [0, 0.05) is 5.69 Å². The maximum atomic E-state index is 9.33. The van der Waals surface area contributed by atoms with E-state index < -0.39 is 0 Å². The monoisotopic (exact) mass is 237 g/mol. The van der Waals surface area contributed by atoms with Gasteiger partial charge in [-0.3, -0.25) is 0 Å². The number of anilines is 1. The Kier molecular flexibility index (Phi) is 4.82. The van der Waals surface area contributed by atoms with Crippen LogP contribution in [0.4, 0.5) is 5.69 Å². The highest BCUT2D eigenvalue weighted by atomic mass is 16.5. The zero-order valence-electron chi connectivity index (χ0n) is 11.4. The van der Waals surface area contributed by atoms with Gasteiger partial charge in [0.05, 0.1) is 19.8 Å². The van der Waals surface area contributed by atoms with E-state index in [0.717, 1.165) is 17.0 Å². The van der Waals surface area contributed by atoms with Crippen molar-refractivity contribution in [3.8, 4) is 5.75 Å². The van der Waals surface area contributed by atoms with Crippen molar-refractivity contribution in [3.63, 3.8) is 0 Å². The second-order valence-corrected chi connectivity index (χ2v) is 4.74. The van der Waals surface area contributed by atoms with E-state index in [9.17, 15) is 5.11 Å². The standard InChI is InChI=1S/C14H23NO2/c1-9(2)13(8-16)15-12-6-7-14(17-5)11(4)10(12)3/h6-7,9,13,15-16H,8H2,1-5H3. The van der Waals surface area contributed by atoms with E-state index in [-0.39, 0.29) is 12.6 Å². The molecule has 0 spiro atoms. The zero-order chi connectivity index (χ0) is 13.0. The average molecular weight is 237 g/mol. The average Bonchev–Trinajstić information content (AvgIpc) is 2.30. The molecule has 0 aliphatic heterocycles. The highest BCUT2D eigenvalue weighted by Gasteiger charge is 2.14. The first-order valence-corrected chi connectivity index (χ1v) is 6.02. The van der Waals surface area contributed by atoms with Crippen LogP contribution in [0.1, 0.15) is 25.0 Å². The Morgan fingerprint density at radius 1 is 1.24 bits per heavy atom. The minimum absolute atomic E-state index is 0.0847. The summed E-state index contributed by atoms with van der Waals surface area (Å²) in [5.41, 5.74) is 3.37. The predicted molar refractivity (Wildman–Crippen MR) is 71.8 cm³/mol. The predicted octanol–water partition coefficient (Wildman–Crippen LogP) is 2.74. The highest BCUT2D eigenvalue weighted by molar-refractivity contribution is 5.58. The number of aliphatic hydroxyl groups is 1. The lowest BCUT2D eigenvalue weighted by molar-refractivity contribution is 0.249. The molecule has 17 heavy (non-hydrogen) atoms. The van der Waals surface area contributed by atoms with Gasteiger partial charge in [-0.25, -0.2) is 0 Å². The Balaban J connectivity index is 2.96. The molecule has 0 bridgehead atoms. The Morgan fingerprint density at radius 3 is 2.35 bits per heavy atom. The number of ether oxygens (including phenoxy) is 1. The van der Waals surface area contributed by atoms with Crippen molar-refractivity contribution in [1.82, 2.24) is 0 Å². The van der Waals surface area contributed by atoms with Gasteiger partial charge in [-0.2, -0.15) is 0 Å². The normalized spacial score (nSPS) is 12.6. The Bertz CT molecular complexity index is 375. The molecule has 0 saturated heterocycles. The highest BCUT2D eigenvalue weighted by Crippen LogP contribution is 2.28. The van der Waals surface area contributed by atoms with Crippen molar-refractivity contribution >= 4 is 5.69 Å². The first kappa shape index (κ1) is 13.8. The molecule has 0 amide bonds. The lowest BCUT2D eigenvalue weighted by atomic mass is 10.0. The van der Waals surface area contributed by atoms with Gasteiger partial charge in [-0.1, -0.05) is 13.8 Å². The van der Waals surface area contributed by atoms with Crippen LogP contribution in [0.2, 0.25) is 0 Å². The van der Waals surface area contributed by atoms with E-state index >= 15 is 0 Å². The summed E-state index contributed by atoms with van der Waals surface area (Å²) in [5, 5.41) is 12.7.